The number of hydrogen-bond acceptors (Lipinski definition) is 7. The molecule has 7 nitrogen and oxygen atoms in total. The van der Waals surface area contributed by atoms with Gasteiger partial charge < -0.3 is 14.9 Å². The van der Waals surface area contributed by atoms with Crippen molar-refractivity contribution in [3.05, 3.63) is 35.4 Å². The van der Waals surface area contributed by atoms with Crippen LogP contribution in [0, 0.1) is 56.7 Å². The number of nitrogens with one attached hydrogen (secondary N) is 1. The Morgan fingerprint density at radius 2 is 1.87 bits per heavy atom. The Hall–Kier alpha value is -3.34. The molecule has 154 valence electrons. The molecule has 30 heavy (non-hydrogen) atoms. The van der Waals surface area contributed by atoms with Crippen molar-refractivity contribution >= 4 is 5.71 Å². The molecule has 1 N–H and O–H groups in total. The van der Waals surface area contributed by atoms with Gasteiger partial charge in [-0.2, -0.15) is 15.8 Å². The van der Waals surface area contributed by atoms with Gasteiger partial charge in [-0.25, -0.2) is 0 Å². The van der Waals surface area contributed by atoms with E-state index in [1.807, 2.05) is 6.08 Å². The average molecular weight is 403 g/mol. The Kier molecular flexibility index (Phi) is 5.83. The van der Waals surface area contributed by atoms with Crippen LogP contribution in [0.15, 0.2) is 29.8 Å². The van der Waals surface area contributed by atoms with Gasteiger partial charge in [0, 0.05) is 36.5 Å². The van der Waals surface area contributed by atoms with Crippen molar-refractivity contribution in [1.29, 1.82) is 21.2 Å². The zero-order chi connectivity index (χ0) is 22.1. The molecule has 0 saturated heterocycles. The van der Waals surface area contributed by atoms with E-state index in [2.05, 4.69) is 37.0 Å². The number of hydrogen-bond donors (Lipinski definition) is 1. The van der Waals surface area contributed by atoms with Crippen LogP contribution in [-0.4, -0.2) is 44.0 Å². The highest BCUT2D eigenvalue weighted by Gasteiger charge is 2.58. The number of fused-ring (bicyclic) bond motifs is 1. The van der Waals surface area contributed by atoms with E-state index in [0.29, 0.717) is 30.2 Å². The fraction of sp³-hybridized carbons (Fsp3) is 0.478. The van der Waals surface area contributed by atoms with E-state index in [1.54, 1.807) is 25.3 Å². The van der Waals surface area contributed by atoms with Gasteiger partial charge in [-0.05, 0) is 37.6 Å². The summed E-state index contributed by atoms with van der Waals surface area (Å²) in [6.07, 6.45) is 1.99. The largest absolute Gasteiger partial charge is 0.497 e. The van der Waals surface area contributed by atoms with Crippen molar-refractivity contribution in [3.63, 3.8) is 0 Å². The molecule has 1 unspecified atom stereocenters. The van der Waals surface area contributed by atoms with E-state index in [1.165, 1.54) is 7.11 Å². The van der Waals surface area contributed by atoms with Gasteiger partial charge in [0.05, 0.1) is 38.1 Å². The molecule has 1 aromatic carbocycles. The lowest BCUT2D eigenvalue weighted by atomic mass is 9.54. The summed E-state index contributed by atoms with van der Waals surface area (Å²) in [7, 11) is 3.09. The summed E-state index contributed by atoms with van der Waals surface area (Å²) in [6, 6.07) is 12.0. The Morgan fingerprint density at radius 1 is 1.17 bits per heavy atom. The van der Waals surface area contributed by atoms with Crippen LogP contribution in [-0.2, 0) is 0 Å². The summed E-state index contributed by atoms with van der Waals surface area (Å²) < 4.78 is 11.0. The Bertz CT molecular complexity index is 994. The molecule has 1 aliphatic heterocycles. The number of benzene rings is 1. The van der Waals surface area contributed by atoms with Gasteiger partial charge in [-0.15, -0.1) is 0 Å². The fourth-order valence-corrected chi connectivity index (χ4v) is 4.68. The lowest BCUT2D eigenvalue weighted by molar-refractivity contribution is 0.170. The molecule has 1 heterocycles. The predicted molar refractivity (Wildman–Crippen MR) is 111 cm³/mol. The molecule has 0 bridgehead atoms. The van der Waals surface area contributed by atoms with Crippen LogP contribution in [0.2, 0.25) is 0 Å². The minimum atomic E-state index is -1.78. The average Bonchev–Trinajstić information content (AvgIpc) is 2.77. The summed E-state index contributed by atoms with van der Waals surface area (Å²) in [4.78, 5) is 2.25. The van der Waals surface area contributed by atoms with E-state index in [0.717, 1.165) is 5.57 Å². The van der Waals surface area contributed by atoms with E-state index < -0.39 is 17.3 Å². The standard InChI is InChI=1S/C23H25N5O2/c1-14(2)28-8-7-16-18(10-24)22(27)23(12-25,13-26)21(19(16)11-28)17-9-15(29-3)5-6-20(17)30-4/h5-7,9,14,18-19,21,27H,8,11H2,1-4H3/t18?,19-,21+/m1/s1. The highest BCUT2D eigenvalue weighted by Crippen LogP contribution is 2.55. The lowest BCUT2D eigenvalue weighted by Crippen LogP contribution is -2.53. The van der Waals surface area contributed by atoms with Crippen LogP contribution >= 0.6 is 0 Å². The van der Waals surface area contributed by atoms with Gasteiger partial charge >= 0.3 is 0 Å². The first-order chi connectivity index (χ1) is 14.4. The minimum Gasteiger partial charge on any atom is -0.497 e. The van der Waals surface area contributed by atoms with Crippen molar-refractivity contribution in [3.8, 4) is 29.7 Å². The number of rotatable bonds is 4. The maximum atomic E-state index is 10.2. The molecule has 0 aromatic heterocycles. The summed E-state index contributed by atoms with van der Waals surface area (Å²) in [5.41, 5.74) is -0.481. The van der Waals surface area contributed by atoms with Gasteiger partial charge in [0.2, 0.25) is 0 Å². The summed E-state index contributed by atoms with van der Waals surface area (Å²) in [6.45, 7) is 5.44. The number of nitriles is 3. The van der Waals surface area contributed by atoms with Crippen molar-refractivity contribution < 1.29 is 9.47 Å². The van der Waals surface area contributed by atoms with Crippen LogP contribution in [0.1, 0.15) is 25.3 Å². The quantitative estimate of drug-likeness (QED) is 0.771. The third-order valence-corrected chi connectivity index (χ3v) is 6.32. The molecule has 2 aliphatic rings. The first-order valence-corrected chi connectivity index (χ1v) is 9.85. The second-order valence-electron chi connectivity index (χ2n) is 7.95. The summed E-state index contributed by atoms with van der Waals surface area (Å²) in [5.74, 6) is -0.717. The normalized spacial score (nSPS) is 25.3. The molecule has 1 aromatic rings. The first kappa shape index (κ1) is 21.4. The number of nitrogens with zero attached hydrogens (tertiary/aromatic N) is 4. The minimum absolute atomic E-state index is 0.162. The Morgan fingerprint density at radius 3 is 2.40 bits per heavy atom. The highest BCUT2D eigenvalue weighted by atomic mass is 16.5. The second-order valence-corrected chi connectivity index (χ2v) is 7.95. The number of methoxy groups -OCH3 is 2. The van der Waals surface area contributed by atoms with Crippen LogP contribution in [0.25, 0.3) is 0 Å². The van der Waals surface area contributed by atoms with E-state index in [4.69, 9.17) is 14.9 Å². The van der Waals surface area contributed by atoms with Crippen molar-refractivity contribution in [2.75, 3.05) is 27.3 Å². The zero-order valence-electron chi connectivity index (χ0n) is 17.6. The van der Waals surface area contributed by atoms with Gasteiger partial charge in [0.25, 0.3) is 0 Å². The van der Waals surface area contributed by atoms with E-state index in [9.17, 15) is 15.8 Å². The van der Waals surface area contributed by atoms with Gasteiger partial charge in [-0.1, -0.05) is 6.08 Å². The molecule has 0 amide bonds. The Balaban J connectivity index is 2.32. The fourth-order valence-electron chi connectivity index (χ4n) is 4.68. The maximum absolute atomic E-state index is 10.2. The van der Waals surface area contributed by atoms with Crippen molar-refractivity contribution in [2.45, 2.75) is 25.8 Å². The second kappa shape index (κ2) is 8.19. The summed E-state index contributed by atoms with van der Waals surface area (Å²) in [5, 5.41) is 38.9. The van der Waals surface area contributed by atoms with Crippen LogP contribution in [0.3, 0.4) is 0 Å². The Labute approximate surface area is 177 Å². The van der Waals surface area contributed by atoms with Crippen molar-refractivity contribution in [1.82, 2.24) is 4.90 Å². The predicted octanol–water partition coefficient (Wildman–Crippen LogP) is 3.26. The third-order valence-electron chi connectivity index (χ3n) is 6.32. The van der Waals surface area contributed by atoms with Crippen molar-refractivity contribution in [2.24, 2.45) is 17.3 Å². The van der Waals surface area contributed by atoms with Gasteiger partial charge in [0.15, 0.2) is 5.41 Å². The van der Waals surface area contributed by atoms with Gasteiger partial charge in [0.1, 0.15) is 17.4 Å². The van der Waals surface area contributed by atoms with Crippen LogP contribution < -0.4 is 9.47 Å². The monoisotopic (exact) mass is 403 g/mol. The third kappa shape index (κ3) is 3.11. The van der Waals surface area contributed by atoms with Crippen LogP contribution in [0.4, 0.5) is 0 Å². The molecule has 3 atom stereocenters. The van der Waals surface area contributed by atoms with E-state index >= 15 is 0 Å². The van der Waals surface area contributed by atoms with E-state index in [-0.39, 0.29) is 17.7 Å². The lowest BCUT2D eigenvalue weighted by Gasteiger charge is -2.48. The maximum Gasteiger partial charge on any atom is 0.189 e. The molecule has 0 radical (unpaired) electrons. The topological polar surface area (TPSA) is 117 Å². The molecular weight excluding hydrogens is 378 g/mol. The highest BCUT2D eigenvalue weighted by molar-refractivity contribution is 6.01. The zero-order valence-corrected chi connectivity index (χ0v) is 17.6. The van der Waals surface area contributed by atoms with Crippen LogP contribution in [0.5, 0.6) is 11.5 Å². The molecule has 3 rings (SSSR count). The SMILES string of the molecule is COc1ccc(OC)c([C@H]2[C@@H]3CN(C(C)C)CC=C3C(C#N)C(=N)C2(C#N)C#N)c1. The smallest absolute Gasteiger partial charge is 0.189 e. The molecule has 0 spiro atoms. The molecule has 7 heteroatoms. The summed E-state index contributed by atoms with van der Waals surface area (Å²) >= 11 is 0. The van der Waals surface area contributed by atoms with Gasteiger partial charge in [-0.3, -0.25) is 4.90 Å². The molecule has 1 fully saturated rings. The molecule has 1 saturated carbocycles. The molecular formula is C23H25N5O2. The molecule has 1 aliphatic carbocycles. The first-order valence-electron chi connectivity index (χ1n) is 9.85. The number of ether oxygens (including phenoxy) is 2.